The topological polar surface area (TPSA) is 28.7 Å². The van der Waals surface area contributed by atoms with Crippen molar-refractivity contribution in [2.45, 2.75) is 0 Å². The minimum Gasteiger partial charge on any atom is -0.285 e. The van der Waals surface area contributed by atoms with E-state index in [9.17, 15) is 4.39 Å². The molecule has 1 heterocycles. The second-order valence-electron chi connectivity index (χ2n) is 2.70. The minimum absolute atomic E-state index is 0.219. The Morgan fingerprint density at radius 1 is 1.31 bits per heavy atom. The Morgan fingerprint density at radius 3 is 2.85 bits per heavy atom. The summed E-state index contributed by atoms with van der Waals surface area (Å²) in [7, 11) is 0. The molecule has 0 bridgehead atoms. The third-order valence-corrected chi connectivity index (χ3v) is 1.75. The lowest BCUT2D eigenvalue weighted by Crippen LogP contribution is -1.87. The van der Waals surface area contributed by atoms with Crippen LogP contribution in [0.25, 0.3) is 0 Å². The zero-order valence-corrected chi connectivity index (χ0v) is 6.87. The van der Waals surface area contributed by atoms with E-state index in [-0.39, 0.29) is 5.82 Å². The first kappa shape index (κ1) is 7.98. The minimum atomic E-state index is -0.219. The van der Waals surface area contributed by atoms with Crippen molar-refractivity contribution < 1.29 is 4.39 Å². The molecule has 1 aromatic carbocycles. The lowest BCUT2D eigenvalue weighted by molar-refractivity contribution is 0.621. The van der Waals surface area contributed by atoms with Crippen molar-refractivity contribution in [2.24, 2.45) is 0 Å². The largest absolute Gasteiger partial charge is 0.285 e. The lowest BCUT2D eigenvalue weighted by Gasteiger charge is -1.98. The molecular weight excluding hydrogens is 167 g/mol. The van der Waals surface area contributed by atoms with Crippen molar-refractivity contribution in [3.63, 3.8) is 0 Å². The molecule has 65 valence electrons. The summed E-state index contributed by atoms with van der Waals surface area (Å²) in [5.74, 6) is -0.219. The molecule has 0 aliphatic heterocycles. The standard InChI is InChI=1S/C10H8FN2/c11-10-4-2-1-3-9(10)5-8-6-12-13-7-8/h1-7H,(H,12,13). The Balaban J connectivity index is 2.24. The predicted octanol–water partition coefficient (Wildman–Crippen LogP) is 2.15. The Labute approximate surface area is 75.4 Å². The lowest BCUT2D eigenvalue weighted by atomic mass is 10.1. The fourth-order valence-electron chi connectivity index (χ4n) is 1.11. The smallest absolute Gasteiger partial charge is 0.127 e. The van der Waals surface area contributed by atoms with E-state index in [2.05, 4.69) is 10.2 Å². The van der Waals surface area contributed by atoms with Crippen LogP contribution in [-0.4, -0.2) is 10.2 Å². The van der Waals surface area contributed by atoms with Crippen molar-refractivity contribution in [2.75, 3.05) is 0 Å². The maximum atomic E-state index is 13.1. The molecule has 0 aliphatic rings. The van der Waals surface area contributed by atoms with E-state index < -0.39 is 0 Å². The zero-order valence-electron chi connectivity index (χ0n) is 6.87. The average molecular weight is 175 g/mol. The third-order valence-electron chi connectivity index (χ3n) is 1.75. The molecule has 3 heteroatoms. The third kappa shape index (κ3) is 1.75. The number of benzene rings is 1. The van der Waals surface area contributed by atoms with Crippen LogP contribution in [0.5, 0.6) is 0 Å². The van der Waals surface area contributed by atoms with E-state index in [1.54, 1.807) is 37.0 Å². The van der Waals surface area contributed by atoms with Crippen LogP contribution in [0, 0.1) is 12.2 Å². The average Bonchev–Trinajstić information content (AvgIpc) is 2.61. The molecule has 0 amide bonds. The number of hydrogen-bond acceptors (Lipinski definition) is 1. The van der Waals surface area contributed by atoms with Crippen molar-refractivity contribution >= 4 is 0 Å². The summed E-state index contributed by atoms with van der Waals surface area (Å²) < 4.78 is 13.1. The van der Waals surface area contributed by atoms with Crippen molar-refractivity contribution in [3.05, 3.63) is 60.0 Å². The van der Waals surface area contributed by atoms with E-state index in [1.807, 2.05) is 0 Å². The zero-order chi connectivity index (χ0) is 9.10. The molecule has 2 aromatic rings. The van der Waals surface area contributed by atoms with Crippen LogP contribution in [0.1, 0.15) is 11.1 Å². The normalized spacial score (nSPS) is 10.2. The van der Waals surface area contributed by atoms with Gasteiger partial charge in [0.1, 0.15) is 5.82 Å². The number of halogens is 1. The Kier molecular flexibility index (Phi) is 2.08. The summed E-state index contributed by atoms with van der Waals surface area (Å²) in [6.45, 7) is 0. The fourth-order valence-corrected chi connectivity index (χ4v) is 1.11. The first-order valence-corrected chi connectivity index (χ1v) is 3.94. The Morgan fingerprint density at radius 2 is 2.15 bits per heavy atom. The van der Waals surface area contributed by atoms with E-state index in [0.717, 1.165) is 5.56 Å². The van der Waals surface area contributed by atoms with Crippen LogP contribution >= 0.6 is 0 Å². The predicted molar refractivity (Wildman–Crippen MR) is 47.5 cm³/mol. The molecular formula is C10H8FN2. The monoisotopic (exact) mass is 175 g/mol. The van der Waals surface area contributed by atoms with Crippen LogP contribution in [0.4, 0.5) is 4.39 Å². The number of H-pyrrole nitrogens is 1. The molecule has 1 aromatic heterocycles. The second-order valence-corrected chi connectivity index (χ2v) is 2.70. The van der Waals surface area contributed by atoms with E-state index >= 15 is 0 Å². The van der Waals surface area contributed by atoms with Crippen molar-refractivity contribution in [3.8, 4) is 0 Å². The van der Waals surface area contributed by atoms with E-state index in [1.165, 1.54) is 6.07 Å². The first-order valence-electron chi connectivity index (χ1n) is 3.94. The van der Waals surface area contributed by atoms with Gasteiger partial charge in [0.25, 0.3) is 0 Å². The Hall–Kier alpha value is -1.64. The highest BCUT2D eigenvalue weighted by Crippen LogP contribution is 2.13. The quantitative estimate of drug-likeness (QED) is 0.744. The molecule has 1 radical (unpaired) electrons. The highest BCUT2D eigenvalue weighted by atomic mass is 19.1. The number of aromatic amines is 1. The van der Waals surface area contributed by atoms with Crippen LogP contribution in [0.15, 0.2) is 36.7 Å². The van der Waals surface area contributed by atoms with Gasteiger partial charge in [-0.05, 0) is 17.2 Å². The molecule has 13 heavy (non-hydrogen) atoms. The number of nitrogens with one attached hydrogen (secondary N) is 1. The second kappa shape index (κ2) is 3.39. The van der Waals surface area contributed by atoms with Crippen molar-refractivity contribution in [1.82, 2.24) is 10.2 Å². The molecule has 0 unspecified atom stereocenters. The summed E-state index contributed by atoms with van der Waals surface area (Å²) in [5, 5.41) is 6.44. The van der Waals surface area contributed by atoms with Gasteiger partial charge in [-0.3, -0.25) is 5.10 Å². The Bertz CT molecular complexity index is 382. The van der Waals surface area contributed by atoms with Crippen LogP contribution in [0.2, 0.25) is 0 Å². The number of hydrogen-bond donors (Lipinski definition) is 1. The number of nitrogens with zero attached hydrogens (tertiary/aromatic N) is 1. The van der Waals surface area contributed by atoms with Gasteiger partial charge in [-0.25, -0.2) is 4.39 Å². The van der Waals surface area contributed by atoms with Gasteiger partial charge in [-0.1, -0.05) is 18.2 Å². The molecule has 2 rings (SSSR count). The van der Waals surface area contributed by atoms with E-state index in [0.29, 0.717) is 5.56 Å². The first-order chi connectivity index (χ1) is 6.36. The van der Waals surface area contributed by atoms with Gasteiger partial charge >= 0.3 is 0 Å². The van der Waals surface area contributed by atoms with Gasteiger partial charge in [0, 0.05) is 12.6 Å². The number of aromatic nitrogens is 2. The molecule has 0 saturated carbocycles. The van der Waals surface area contributed by atoms with Gasteiger partial charge in [0.2, 0.25) is 0 Å². The van der Waals surface area contributed by atoms with E-state index in [4.69, 9.17) is 0 Å². The highest BCUT2D eigenvalue weighted by Gasteiger charge is 2.02. The van der Waals surface area contributed by atoms with Gasteiger partial charge in [-0.15, -0.1) is 0 Å². The summed E-state index contributed by atoms with van der Waals surface area (Å²) in [6, 6.07) is 6.63. The molecule has 0 aliphatic carbocycles. The molecule has 0 spiro atoms. The molecule has 0 fully saturated rings. The van der Waals surface area contributed by atoms with Crippen LogP contribution in [0.3, 0.4) is 0 Å². The molecule has 1 N–H and O–H groups in total. The van der Waals surface area contributed by atoms with Gasteiger partial charge in [0.15, 0.2) is 0 Å². The maximum absolute atomic E-state index is 13.1. The van der Waals surface area contributed by atoms with Crippen LogP contribution in [-0.2, 0) is 0 Å². The maximum Gasteiger partial charge on any atom is 0.127 e. The molecule has 0 atom stereocenters. The SMILES string of the molecule is Fc1ccccc1[CH]c1cn[nH]c1. The molecule has 0 saturated heterocycles. The summed E-state index contributed by atoms with van der Waals surface area (Å²) in [5.41, 5.74) is 1.44. The van der Waals surface area contributed by atoms with Gasteiger partial charge in [-0.2, -0.15) is 5.10 Å². The summed E-state index contributed by atoms with van der Waals surface area (Å²) in [6.07, 6.45) is 5.09. The molecule has 2 nitrogen and oxygen atoms in total. The van der Waals surface area contributed by atoms with Gasteiger partial charge < -0.3 is 0 Å². The summed E-state index contributed by atoms with van der Waals surface area (Å²) in [4.78, 5) is 0. The highest BCUT2D eigenvalue weighted by molar-refractivity contribution is 5.34. The van der Waals surface area contributed by atoms with Crippen molar-refractivity contribution in [1.29, 1.82) is 0 Å². The summed E-state index contributed by atoms with van der Waals surface area (Å²) >= 11 is 0. The number of rotatable bonds is 2. The van der Waals surface area contributed by atoms with Gasteiger partial charge in [0.05, 0.1) is 6.20 Å². The van der Waals surface area contributed by atoms with Crippen LogP contribution < -0.4 is 0 Å². The fraction of sp³-hybridized carbons (Fsp3) is 0.